The number of nitrogens with one attached hydrogen (secondary N) is 1. The third-order valence-electron chi connectivity index (χ3n) is 1.95. The van der Waals surface area contributed by atoms with E-state index in [9.17, 15) is 0 Å². The molecule has 0 aromatic rings. The second-order valence-corrected chi connectivity index (χ2v) is 3.89. The van der Waals surface area contributed by atoms with E-state index in [4.69, 9.17) is 0 Å². The van der Waals surface area contributed by atoms with Crippen LogP contribution in [-0.4, -0.2) is 25.1 Å². The summed E-state index contributed by atoms with van der Waals surface area (Å²) < 4.78 is 0. The van der Waals surface area contributed by atoms with Crippen molar-refractivity contribution in [3.8, 4) is 0 Å². The standard InChI is InChI=1S/C9H21NS/c1-4-6-9(10-2)7-5-8-11-3/h9-10H,4-8H2,1-3H3. The topological polar surface area (TPSA) is 12.0 Å². The quantitative estimate of drug-likeness (QED) is 0.597. The molecule has 0 aliphatic heterocycles. The first kappa shape index (κ1) is 11.3. The Hall–Kier alpha value is 0.310. The minimum absolute atomic E-state index is 0.757. The molecule has 0 aliphatic rings. The molecular formula is C9H21NS. The molecule has 1 nitrogen and oxygen atoms in total. The van der Waals surface area contributed by atoms with Crippen molar-refractivity contribution in [1.29, 1.82) is 0 Å². The highest BCUT2D eigenvalue weighted by atomic mass is 32.2. The van der Waals surface area contributed by atoms with Crippen LogP contribution in [0.15, 0.2) is 0 Å². The fourth-order valence-corrected chi connectivity index (χ4v) is 1.71. The van der Waals surface area contributed by atoms with Gasteiger partial charge in [0, 0.05) is 6.04 Å². The minimum Gasteiger partial charge on any atom is -0.317 e. The summed E-state index contributed by atoms with van der Waals surface area (Å²) in [5.74, 6) is 1.31. The predicted molar refractivity (Wildman–Crippen MR) is 55.4 cm³/mol. The average molecular weight is 175 g/mol. The summed E-state index contributed by atoms with van der Waals surface area (Å²) in [6.45, 7) is 2.25. The predicted octanol–water partition coefficient (Wildman–Crippen LogP) is 2.52. The molecule has 0 saturated heterocycles. The van der Waals surface area contributed by atoms with Crippen molar-refractivity contribution in [2.75, 3.05) is 19.1 Å². The molecule has 1 N–H and O–H groups in total. The number of hydrogen-bond donors (Lipinski definition) is 1. The average Bonchev–Trinajstić information content (AvgIpc) is 2.03. The lowest BCUT2D eigenvalue weighted by atomic mass is 10.1. The van der Waals surface area contributed by atoms with E-state index in [1.165, 1.54) is 31.4 Å². The Labute approximate surface area is 75.3 Å². The zero-order valence-electron chi connectivity index (χ0n) is 8.02. The van der Waals surface area contributed by atoms with Crippen molar-refractivity contribution in [1.82, 2.24) is 5.32 Å². The molecule has 0 radical (unpaired) electrons. The van der Waals surface area contributed by atoms with Crippen LogP contribution in [0.1, 0.15) is 32.6 Å². The number of rotatable bonds is 7. The van der Waals surface area contributed by atoms with E-state index < -0.39 is 0 Å². The summed E-state index contributed by atoms with van der Waals surface area (Å²) in [4.78, 5) is 0. The maximum Gasteiger partial charge on any atom is 0.00642 e. The summed E-state index contributed by atoms with van der Waals surface area (Å²) in [7, 11) is 2.07. The molecule has 1 atom stereocenters. The van der Waals surface area contributed by atoms with Gasteiger partial charge in [0.15, 0.2) is 0 Å². The monoisotopic (exact) mass is 175 g/mol. The van der Waals surface area contributed by atoms with E-state index in [1.54, 1.807) is 0 Å². The fourth-order valence-electron chi connectivity index (χ4n) is 1.26. The molecule has 0 fully saturated rings. The van der Waals surface area contributed by atoms with Crippen LogP contribution in [0.5, 0.6) is 0 Å². The Morgan fingerprint density at radius 3 is 2.55 bits per heavy atom. The van der Waals surface area contributed by atoms with Gasteiger partial charge in [0.05, 0.1) is 0 Å². The third-order valence-corrected chi connectivity index (χ3v) is 2.64. The minimum atomic E-state index is 0.757. The first-order valence-corrected chi connectivity index (χ1v) is 5.90. The first-order valence-electron chi connectivity index (χ1n) is 4.51. The Morgan fingerprint density at radius 1 is 1.36 bits per heavy atom. The van der Waals surface area contributed by atoms with Gasteiger partial charge in [0.2, 0.25) is 0 Å². The van der Waals surface area contributed by atoms with Gasteiger partial charge in [-0.1, -0.05) is 13.3 Å². The van der Waals surface area contributed by atoms with E-state index in [0.717, 1.165) is 6.04 Å². The molecular weight excluding hydrogens is 154 g/mol. The van der Waals surface area contributed by atoms with Crippen LogP contribution in [-0.2, 0) is 0 Å². The molecule has 0 aromatic carbocycles. The fraction of sp³-hybridized carbons (Fsp3) is 1.00. The Morgan fingerprint density at radius 2 is 2.09 bits per heavy atom. The van der Waals surface area contributed by atoms with Crippen LogP contribution >= 0.6 is 11.8 Å². The second-order valence-electron chi connectivity index (χ2n) is 2.91. The van der Waals surface area contributed by atoms with Gasteiger partial charge >= 0.3 is 0 Å². The summed E-state index contributed by atoms with van der Waals surface area (Å²) in [5.41, 5.74) is 0. The highest BCUT2D eigenvalue weighted by molar-refractivity contribution is 7.98. The molecule has 0 bridgehead atoms. The van der Waals surface area contributed by atoms with Crippen molar-refractivity contribution < 1.29 is 0 Å². The zero-order valence-corrected chi connectivity index (χ0v) is 8.84. The highest BCUT2D eigenvalue weighted by Crippen LogP contribution is 2.06. The van der Waals surface area contributed by atoms with Crippen LogP contribution in [0.25, 0.3) is 0 Å². The Kier molecular flexibility index (Phi) is 8.64. The third kappa shape index (κ3) is 6.70. The van der Waals surface area contributed by atoms with Crippen molar-refractivity contribution in [3.05, 3.63) is 0 Å². The van der Waals surface area contributed by atoms with Crippen LogP contribution in [0, 0.1) is 0 Å². The van der Waals surface area contributed by atoms with E-state index in [-0.39, 0.29) is 0 Å². The molecule has 68 valence electrons. The van der Waals surface area contributed by atoms with E-state index >= 15 is 0 Å². The van der Waals surface area contributed by atoms with Crippen LogP contribution in [0.4, 0.5) is 0 Å². The summed E-state index contributed by atoms with van der Waals surface area (Å²) in [6, 6.07) is 0.757. The lowest BCUT2D eigenvalue weighted by Crippen LogP contribution is -2.24. The van der Waals surface area contributed by atoms with Crippen molar-refractivity contribution in [2.45, 2.75) is 38.6 Å². The van der Waals surface area contributed by atoms with Crippen molar-refractivity contribution >= 4 is 11.8 Å². The van der Waals surface area contributed by atoms with E-state index in [1.807, 2.05) is 11.8 Å². The smallest absolute Gasteiger partial charge is 0.00642 e. The molecule has 0 saturated carbocycles. The highest BCUT2D eigenvalue weighted by Gasteiger charge is 2.02. The maximum atomic E-state index is 3.35. The van der Waals surface area contributed by atoms with Gasteiger partial charge in [-0.25, -0.2) is 0 Å². The molecule has 0 rings (SSSR count). The SMILES string of the molecule is CCCC(CCCSC)NC. The molecule has 11 heavy (non-hydrogen) atoms. The maximum absolute atomic E-state index is 3.35. The van der Waals surface area contributed by atoms with Gasteiger partial charge in [-0.3, -0.25) is 0 Å². The number of hydrogen-bond acceptors (Lipinski definition) is 2. The van der Waals surface area contributed by atoms with Crippen LogP contribution in [0.2, 0.25) is 0 Å². The van der Waals surface area contributed by atoms with Gasteiger partial charge in [0.25, 0.3) is 0 Å². The van der Waals surface area contributed by atoms with Crippen LogP contribution < -0.4 is 5.32 Å². The van der Waals surface area contributed by atoms with Gasteiger partial charge < -0.3 is 5.32 Å². The molecule has 1 unspecified atom stereocenters. The van der Waals surface area contributed by atoms with Crippen LogP contribution in [0.3, 0.4) is 0 Å². The van der Waals surface area contributed by atoms with Crippen molar-refractivity contribution in [3.63, 3.8) is 0 Å². The summed E-state index contributed by atoms with van der Waals surface area (Å²) in [5, 5.41) is 3.35. The van der Waals surface area contributed by atoms with Gasteiger partial charge in [-0.2, -0.15) is 11.8 Å². The lowest BCUT2D eigenvalue weighted by Gasteiger charge is -2.13. The van der Waals surface area contributed by atoms with E-state index in [2.05, 4.69) is 25.5 Å². The molecule has 0 spiro atoms. The molecule has 2 heteroatoms. The molecule has 0 aliphatic carbocycles. The number of thioether (sulfide) groups is 1. The Balaban J connectivity index is 3.20. The van der Waals surface area contributed by atoms with Gasteiger partial charge in [-0.05, 0) is 38.3 Å². The second kappa shape index (κ2) is 8.41. The van der Waals surface area contributed by atoms with Gasteiger partial charge in [0.1, 0.15) is 0 Å². The first-order chi connectivity index (χ1) is 5.35. The normalized spacial score (nSPS) is 13.4. The van der Waals surface area contributed by atoms with E-state index in [0.29, 0.717) is 0 Å². The Bertz CT molecular complexity index is 76.0. The molecule has 0 amide bonds. The molecule has 0 heterocycles. The molecule has 0 aromatic heterocycles. The zero-order chi connectivity index (χ0) is 8.53. The lowest BCUT2D eigenvalue weighted by molar-refractivity contribution is 0.480. The van der Waals surface area contributed by atoms with Crippen molar-refractivity contribution in [2.24, 2.45) is 0 Å². The van der Waals surface area contributed by atoms with Gasteiger partial charge in [-0.15, -0.1) is 0 Å². The summed E-state index contributed by atoms with van der Waals surface area (Å²) >= 11 is 1.94. The largest absolute Gasteiger partial charge is 0.317 e. The summed E-state index contributed by atoms with van der Waals surface area (Å²) in [6.07, 6.45) is 7.49.